The minimum atomic E-state index is 0.0942. The summed E-state index contributed by atoms with van der Waals surface area (Å²) in [7, 11) is 0. The number of rotatable bonds is 5. The van der Waals surface area contributed by atoms with Gasteiger partial charge in [-0.1, -0.05) is 11.6 Å². The Bertz CT molecular complexity index is 653. The van der Waals surface area contributed by atoms with Gasteiger partial charge in [-0.05, 0) is 61.6 Å². The Balaban J connectivity index is 1.42. The molecule has 0 bridgehead atoms. The van der Waals surface area contributed by atoms with Crippen LogP contribution in [0.4, 0.5) is 0 Å². The third-order valence-corrected chi connectivity index (χ3v) is 4.67. The molecule has 4 nitrogen and oxygen atoms in total. The van der Waals surface area contributed by atoms with Crippen molar-refractivity contribution < 1.29 is 9.53 Å². The first-order valence-electron chi connectivity index (χ1n) is 8.30. The van der Waals surface area contributed by atoms with Crippen LogP contribution in [0.2, 0.25) is 5.02 Å². The zero-order chi connectivity index (χ0) is 16.8. The lowest BCUT2D eigenvalue weighted by Gasteiger charge is -2.32. The van der Waals surface area contributed by atoms with E-state index >= 15 is 0 Å². The Kier molecular flexibility index (Phi) is 5.70. The lowest BCUT2D eigenvalue weighted by atomic mass is 9.93. The normalized spacial score (nSPS) is 15.3. The standard InChI is InChI=1S/C19H21ClN2O2/c20-17-5-3-16(4-6-17)19(23)22-11-7-15(8-12-22)9-13-24-18-2-1-10-21-14-18/h1-6,10,14-15H,7-9,11-13H2. The number of halogens is 1. The van der Waals surface area contributed by atoms with Crippen LogP contribution in [0.5, 0.6) is 5.75 Å². The summed E-state index contributed by atoms with van der Waals surface area (Å²) in [5.74, 6) is 1.51. The Hall–Kier alpha value is -2.07. The highest BCUT2D eigenvalue weighted by Gasteiger charge is 2.23. The van der Waals surface area contributed by atoms with E-state index in [9.17, 15) is 4.79 Å². The van der Waals surface area contributed by atoms with Gasteiger partial charge in [0.05, 0.1) is 12.8 Å². The van der Waals surface area contributed by atoms with Gasteiger partial charge >= 0.3 is 0 Å². The van der Waals surface area contributed by atoms with Crippen molar-refractivity contribution in [1.29, 1.82) is 0 Å². The van der Waals surface area contributed by atoms with Crippen molar-refractivity contribution in [2.24, 2.45) is 5.92 Å². The summed E-state index contributed by atoms with van der Waals surface area (Å²) in [4.78, 5) is 18.4. The molecule has 0 atom stereocenters. The molecule has 0 spiro atoms. The number of ether oxygens (including phenoxy) is 1. The van der Waals surface area contributed by atoms with E-state index in [0.717, 1.165) is 38.1 Å². The summed E-state index contributed by atoms with van der Waals surface area (Å²) < 4.78 is 5.71. The summed E-state index contributed by atoms with van der Waals surface area (Å²) in [5.41, 5.74) is 0.706. The third kappa shape index (κ3) is 4.48. The zero-order valence-corrected chi connectivity index (χ0v) is 14.3. The van der Waals surface area contributed by atoms with Crippen molar-refractivity contribution in [1.82, 2.24) is 9.88 Å². The maximum Gasteiger partial charge on any atom is 0.253 e. The lowest BCUT2D eigenvalue weighted by Crippen LogP contribution is -2.38. The molecular formula is C19H21ClN2O2. The zero-order valence-electron chi connectivity index (χ0n) is 13.5. The molecule has 1 aromatic heterocycles. The maximum atomic E-state index is 12.5. The number of nitrogens with zero attached hydrogens (tertiary/aromatic N) is 2. The molecule has 126 valence electrons. The SMILES string of the molecule is O=C(c1ccc(Cl)cc1)N1CCC(CCOc2cccnc2)CC1. The van der Waals surface area contributed by atoms with E-state index in [4.69, 9.17) is 16.3 Å². The second-order valence-electron chi connectivity index (χ2n) is 6.07. The van der Waals surface area contributed by atoms with Gasteiger partial charge in [0, 0.05) is 29.9 Å². The molecule has 3 rings (SSSR count). The minimum Gasteiger partial charge on any atom is -0.492 e. The van der Waals surface area contributed by atoms with E-state index in [1.54, 1.807) is 36.7 Å². The van der Waals surface area contributed by atoms with E-state index in [0.29, 0.717) is 23.1 Å². The Labute approximate surface area is 147 Å². The van der Waals surface area contributed by atoms with Crippen LogP contribution in [0.1, 0.15) is 29.6 Å². The number of carbonyl (C=O) groups excluding carboxylic acids is 1. The molecular weight excluding hydrogens is 324 g/mol. The number of hydrogen-bond acceptors (Lipinski definition) is 3. The number of aromatic nitrogens is 1. The van der Waals surface area contributed by atoms with Crippen molar-refractivity contribution in [2.45, 2.75) is 19.3 Å². The predicted molar refractivity (Wildman–Crippen MR) is 94.4 cm³/mol. The van der Waals surface area contributed by atoms with Gasteiger partial charge < -0.3 is 9.64 Å². The fourth-order valence-corrected chi connectivity index (χ4v) is 3.10. The summed E-state index contributed by atoms with van der Waals surface area (Å²) in [6.45, 7) is 2.31. The molecule has 24 heavy (non-hydrogen) atoms. The van der Waals surface area contributed by atoms with E-state index < -0.39 is 0 Å². The average molecular weight is 345 g/mol. The molecule has 1 amide bonds. The van der Waals surface area contributed by atoms with Crippen molar-refractivity contribution in [3.63, 3.8) is 0 Å². The molecule has 0 saturated carbocycles. The van der Waals surface area contributed by atoms with Crippen molar-refractivity contribution in [2.75, 3.05) is 19.7 Å². The van der Waals surface area contributed by atoms with Gasteiger partial charge in [-0.3, -0.25) is 9.78 Å². The summed E-state index contributed by atoms with van der Waals surface area (Å²) in [6.07, 6.45) is 6.52. The van der Waals surface area contributed by atoms with Gasteiger partial charge in [0.25, 0.3) is 5.91 Å². The van der Waals surface area contributed by atoms with E-state index in [1.807, 2.05) is 17.0 Å². The van der Waals surface area contributed by atoms with Gasteiger partial charge in [-0.25, -0.2) is 0 Å². The van der Waals surface area contributed by atoms with Gasteiger partial charge in [-0.2, -0.15) is 0 Å². The molecule has 0 N–H and O–H groups in total. The first-order valence-corrected chi connectivity index (χ1v) is 8.68. The van der Waals surface area contributed by atoms with Crippen LogP contribution < -0.4 is 4.74 Å². The summed E-state index contributed by atoms with van der Waals surface area (Å²) >= 11 is 5.87. The molecule has 2 heterocycles. The van der Waals surface area contributed by atoms with E-state index in [-0.39, 0.29) is 5.91 Å². The maximum absolute atomic E-state index is 12.5. The first kappa shape index (κ1) is 16.8. The first-order chi connectivity index (χ1) is 11.7. The lowest BCUT2D eigenvalue weighted by molar-refractivity contribution is 0.0680. The second kappa shape index (κ2) is 8.15. The fourth-order valence-electron chi connectivity index (χ4n) is 2.98. The average Bonchev–Trinajstić information content (AvgIpc) is 2.63. The van der Waals surface area contributed by atoms with Crippen molar-refractivity contribution in [3.8, 4) is 5.75 Å². The van der Waals surface area contributed by atoms with Gasteiger partial charge in [0.2, 0.25) is 0 Å². The number of hydrogen-bond donors (Lipinski definition) is 0. The van der Waals surface area contributed by atoms with Gasteiger partial charge in [0.1, 0.15) is 5.75 Å². The van der Waals surface area contributed by atoms with Crippen molar-refractivity contribution >= 4 is 17.5 Å². The number of likely N-dealkylation sites (tertiary alicyclic amines) is 1. The Morgan fingerprint density at radius 1 is 1.21 bits per heavy atom. The van der Waals surface area contributed by atoms with Crippen LogP contribution >= 0.6 is 11.6 Å². The number of piperidine rings is 1. The molecule has 1 aliphatic heterocycles. The van der Waals surface area contributed by atoms with Crippen LogP contribution in [0.3, 0.4) is 0 Å². The Morgan fingerprint density at radius 3 is 2.62 bits per heavy atom. The number of pyridine rings is 1. The molecule has 2 aromatic rings. The molecule has 5 heteroatoms. The smallest absolute Gasteiger partial charge is 0.253 e. The highest BCUT2D eigenvalue weighted by Crippen LogP contribution is 2.22. The largest absolute Gasteiger partial charge is 0.492 e. The number of amides is 1. The second-order valence-corrected chi connectivity index (χ2v) is 6.50. The molecule has 0 unspecified atom stereocenters. The van der Waals surface area contributed by atoms with E-state index in [2.05, 4.69) is 4.98 Å². The molecule has 1 saturated heterocycles. The predicted octanol–water partition coefficient (Wildman–Crippen LogP) is 4.06. The quantitative estimate of drug-likeness (QED) is 0.821. The van der Waals surface area contributed by atoms with Crippen LogP contribution in [-0.2, 0) is 0 Å². The van der Waals surface area contributed by atoms with Crippen LogP contribution in [0.25, 0.3) is 0 Å². The monoisotopic (exact) mass is 344 g/mol. The van der Waals surface area contributed by atoms with Crippen molar-refractivity contribution in [3.05, 3.63) is 59.4 Å². The van der Waals surface area contributed by atoms with Crippen LogP contribution in [0.15, 0.2) is 48.8 Å². The summed E-state index contributed by atoms with van der Waals surface area (Å²) in [5, 5.41) is 0.652. The number of carbonyl (C=O) groups is 1. The van der Waals surface area contributed by atoms with Gasteiger partial charge in [-0.15, -0.1) is 0 Å². The highest BCUT2D eigenvalue weighted by molar-refractivity contribution is 6.30. The Morgan fingerprint density at radius 2 is 1.96 bits per heavy atom. The minimum absolute atomic E-state index is 0.0942. The molecule has 0 radical (unpaired) electrons. The highest BCUT2D eigenvalue weighted by atomic mass is 35.5. The van der Waals surface area contributed by atoms with Crippen LogP contribution in [-0.4, -0.2) is 35.5 Å². The molecule has 0 aliphatic carbocycles. The van der Waals surface area contributed by atoms with E-state index in [1.165, 1.54) is 0 Å². The number of benzene rings is 1. The fraction of sp³-hybridized carbons (Fsp3) is 0.368. The van der Waals surface area contributed by atoms with Gasteiger partial charge in [0.15, 0.2) is 0 Å². The molecule has 1 fully saturated rings. The molecule has 1 aliphatic rings. The molecule has 1 aromatic carbocycles. The topological polar surface area (TPSA) is 42.4 Å². The van der Waals surface area contributed by atoms with Crippen LogP contribution in [0, 0.1) is 5.92 Å². The third-order valence-electron chi connectivity index (χ3n) is 4.42. The summed E-state index contributed by atoms with van der Waals surface area (Å²) in [6, 6.07) is 10.9.